The molecule has 0 heterocycles. The zero-order valence-electron chi connectivity index (χ0n) is 21.1. The Morgan fingerprint density at radius 1 is 0.889 bits per heavy atom. The first kappa shape index (κ1) is 26.9. The monoisotopic (exact) mass is 507 g/mol. The number of carbonyl (C=O) groups is 2. The maximum atomic E-state index is 13.8. The molecule has 8 heteroatoms. The second-order valence-electron chi connectivity index (χ2n) is 8.74. The molecule has 0 aromatic heterocycles. The van der Waals surface area contributed by atoms with E-state index in [1.54, 1.807) is 37.3 Å². The molecule has 0 aliphatic carbocycles. The van der Waals surface area contributed by atoms with Crippen molar-refractivity contribution in [1.29, 1.82) is 0 Å². The van der Waals surface area contributed by atoms with Crippen LogP contribution in [-0.4, -0.2) is 44.3 Å². The van der Waals surface area contributed by atoms with Crippen molar-refractivity contribution in [1.82, 2.24) is 10.2 Å². The molecule has 0 aliphatic rings. The van der Waals surface area contributed by atoms with E-state index in [1.807, 2.05) is 57.2 Å². The standard InChI is InChI=1S/C28H33N3O4S/c1-5-29-28(33)23(4)30(19-24-11-7-6-8-12-24)27(32)20-31(25-13-9-10-22(3)18-25)36(34,35)26-16-14-21(2)15-17-26/h6-18,23H,5,19-20H2,1-4H3,(H,29,33)/t23-/m1/s1. The van der Waals surface area contributed by atoms with Crippen LogP contribution < -0.4 is 9.62 Å². The summed E-state index contributed by atoms with van der Waals surface area (Å²) < 4.78 is 28.6. The quantitative estimate of drug-likeness (QED) is 0.449. The fourth-order valence-electron chi connectivity index (χ4n) is 3.83. The van der Waals surface area contributed by atoms with E-state index in [-0.39, 0.29) is 17.3 Å². The Morgan fingerprint density at radius 2 is 1.56 bits per heavy atom. The van der Waals surface area contributed by atoms with Crippen molar-refractivity contribution in [3.63, 3.8) is 0 Å². The smallest absolute Gasteiger partial charge is 0.264 e. The third-order valence-corrected chi connectivity index (χ3v) is 7.68. The van der Waals surface area contributed by atoms with E-state index in [1.165, 1.54) is 17.0 Å². The third kappa shape index (κ3) is 6.51. The molecule has 0 fully saturated rings. The molecular formula is C28H33N3O4S. The highest BCUT2D eigenvalue weighted by molar-refractivity contribution is 7.92. The minimum atomic E-state index is -4.06. The van der Waals surface area contributed by atoms with E-state index in [9.17, 15) is 18.0 Å². The molecule has 0 saturated heterocycles. The summed E-state index contributed by atoms with van der Waals surface area (Å²) in [5.41, 5.74) is 3.01. The van der Waals surface area contributed by atoms with Gasteiger partial charge in [-0.2, -0.15) is 0 Å². The van der Waals surface area contributed by atoms with E-state index >= 15 is 0 Å². The number of amides is 2. The second-order valence-corrected chi connectivity index (χ2v) is 10.6. The lowest BCUT2D eigenvalue weighted by Gasteiger charge is -2.32. The van der Waals surface area contributed by atoms with Gasteiger partial charge >= 0.3 is 0 Å². The molecule has 1 N–H and O–H groups in total. The van der Waals surface area contributed by atoms with Gasteiger partial charge in [-0.05, 0) is 63.1 Å². The first-order valence-electron chi connectivity index (χ1n) is 11.9. The van der Waals surface area contributed by atoms with Gasteiger partial charge in [-0.3, -0.25) is 13.9 Å². The van der Waals surface area contributed by atoms with Crippen molar-refractivity contribution >= 4 is 27.5 Å². The Labute approximate surface area is 213 Å². The van der Waals surface area contributed by atoms with Crippen LogP contribution in [0.3, 0.4) is 0 Å². The molecule has 0 radical (unpaired) electrons. The molecule has 2 amide bonds. The summed E-state index contributed by atoms with van der Waals surface area (Å²) in [5.74, 6) is -0.778. The van der Waals surface area contributed by atoms with Crippen LogP contribution in [0.4, 0.5) is 5.69 Å². The van der Waals surface area contributed by atoms with Crippen molar-refractivity contribution in [2.75, 3.05) is 17.4 Å². The molecule has 0 unspecified atom stereocenters. The summed E-state index contributed by atoms with van der Waals surface area (Å²) in [5, 5.41) is 2.76. The lowest BCUT2D eigenvalue weighted by Crippen LogP contribution is -2.51. The molecule has 36 heavy (non-hydrogen) atoms. The minimum Gasteiger partial charge on any atom is -0.355 e. The lowest BCUT2D eigenvalue weighted by molar-refractivity contribution is -0.139. The molecule has 1 atom stereocenters. The summed E-state index contributed by atoms with van der Waals surface area (Å²) in [6.07, 6.45) is 0. The zero-order chi connectivity index (χ0) is 26.3. The Hall–Kier alpha value is -3.65. The molecule has 3 aromatic rings. The predicted molar refractivity (Wildman–Crippen MR) is 142 cm³/mol. The van der Waals surface area contributed by atoms with E-state index in [0.717, 1.165) is 21.0 Å². The predicted octanol–water partition coefficient (Wildman–Crippen LogP) is 4.05. The molecule has 7 nitrogen and oxygen atoms in total. The Balaban J connectivity index is 2.02. The zero-order valence-corrected chi connectivity index (χ0v) is 22.0. The van der Waals surface area contributed by atoms with Crippen molar-refractivity contribution in [3.05, 3.63) is 95.6 Å². The van der Waals surface area contributed by atoms with Crippen molar-refractivity contribution in [2.24, 2.45) is 0 Å². The maximum Gasteiger partial charge on any atom is 0.264 e. The Bertz CT molecular complexity index is 1290. The van der Waals surface area contributed by atoms with Crippen molar-refractivity contribution in [2.45, 2.75) is 45.2 Å². The van der Waals surface area contributed by atoms with Gasteiger partial charge in [-0.25, -0.2) is 8.42 Å². The Kier molecular flexibility index (Phi) is 8.88. The fraction of sp³-hybridized carbons (Fsp3) is 0.286. The number of sulfonamides is 1. The topological polar surface area (TPSA) is 86.8 Å². The lowest BCUT2D eigenvalue weighted by atomic mass is 10.1. The molecular weight excluding hydrogens is 474 g/mol. The van der Waals surface area contributed by atoms with Crippen molar-refractivity contribution in [3.8, 4) is 0 Å². The molecule has 0 saturated carbocycles. The van der Waals surface area contributed by atoms with Gasteiger partial charge in [-0.15, -0.1) is 0 Å². The highest BCUT2D eigenvalue weighted by atomic mass is 32.2. The molecule has 0 bridgehead atoms. The van der Waals surface area contributed by atoms with Gasteiger partial charge in [0, 0.05) is 13.1 Å². The first-order valence-corrected chi connectivity index (χ1v) is 13.3. The van der Waals surface area contributed by atoms with Crippen molar-refractivity contribution < 1.29 is 18.0 Å². The average Bonchev–Trinajstić information content (AvgIpc) is 2.86. The van der Waals surface area contributed by atoms with Crippen LogP contribution in [0.1, 0.15) is 30.5 Å². The van der Waals surface area contributed by atoms with Crippen LogP contribution in [-0.2, 0) is 26.2 Å². The first-order chi connectivity index (χ1) is 17.1. The Morgan fingerprint density at radius 3 is 2.17 bits per heavy atom. The maximum absolute atomic E-state index is 13.8. The van der Waals surface area contributed by atoms with Gasteiger partial charge in [0.1, 0.15) is 12.6 Å². The van der Waals surface area contributed by atoms with Crippen LogP contribution in [0.5, 0.6) is 0 Å². The summed E-state index contributed by atoms with van der Waals surface area (Å²) in [4.78, 5) is 27.9. The van der Waals surface area contributed by atoms with Gasteiger partial charge in [0.25, 0.3) is 10.0 Å². The van der Waals surface area contributed by atoms with Crippen LogP contribution >= 0.6 is 0 Å². The molecule has 190 valence electrons. The molecule has 0 aliphatic heterocycles. The summed E-state index contributed by atoms with van der Waals surface area (Å²) in [7, 11) is -4.06. The van der Waals surface area contributed by atoms with Gasteiger partial charge in [0.15, 0.2) is 0 Å². The van der Waals surface area contributed by atoms with Gasteiger partial charge in [-0.1, -0.05) is 60.2 Å². The van der Waals surface area contributed by atoms with E-state index in [2.05, 4.69) is 5.32 Å². The minimum absolute atomic E-state index is 0.0915. The van der Waals surface area contributed by atoms with E-state index < -0.39 is 28.5 Å². The fourth-order valence-corrected chi connectivity index (χ4v) is 5.24. The number of rotatable bonds is 10. The number of carbonyl (C=O) groups excluding carboxylic acids is 2. The average molecular weight is 508 g/mol. The number of benzene rings is 3. The van der Waals surface area contributed by atoms with Gasteiger partial charge < -0.3 is 10.2 Å². The molecule has 3 aromatic carbocycles. The van der Waals surface area contributed by atoms with Crippen LogP contribution in [0, 0.1) is 13.8 Å². The van der Waals surface area contributed by atoms with Gasteiger partial charge in [0.2, 0.25) is 11.8 Å². The van der Waals surface area contributed by atoms with E-state index in [0.29, 0.717) is 12.2 Å². The summed E-state index contributed by atoms with van der Waals surface area (Å²) >= 11 is 0. The number of hydrogen-bond acceptors (Lipinski definition) is 4. The third-order valence-electron chi connectivity index (χ3n) is 5.89. The molecule has 3 rings (SSSR count). The summed E-state index contributed by atoms with van der Waals surface area (Å²) in [6.45, 7) is 7.34. The highest BCUT2D eigenvalue weighted by Gasteiger charge is 2.32. The molecule has 0 spiro atoms. The van der Waals surface area contributed by atoms with E-state index in [4.69, 9.17) is 0 Å². The number of likely N-dealkylation sites (N-methyl/N-ethyl adjacent to an activating group) is 1. The number of hydrogen-bond donors (Lipinski definition) is 1. The van der Waals surface area contributed by atoms with Gasteiger partial charge in [0.05, 0.1) is 10.6 Å². The SMILES string of the molecule is CCNC(=O)[C@@H](C)N(Cc1ccccc1)C(=O)CN(c1cccc(C)c1)S(=O)(=O)c1ccc(C)cc1. The number of nitrogens with one attached hydrogen (secondary N) is 1. The van der Waals surface area contributed by atoms with Crippen LogP contribution in [0.25, 0.3) is 0 Å². The van der Waals surface area contributed by atoms with Crippen LogP contribution in [0.15, 0.2) is 83.8 Å². The largest absolute Gasteiger partial charge is 0.355 e. The number of nitrogens with zero attached hydrogens (tertiary/aromatic N) is 2. The highest BCUT2D eigenvalue weighted by Crippen LogP contribution is 2.25. The number of aryl methyl sites for hydroxylation is 2. The van der Waals surface area contributed by atoms with Crippen LogP contribution in [0.2, 0.25) is 0 Å². The second kappa shape index (κ2) is 11.9. The normalized spacial score (nSPS) is 12.0. The summed E-state index contributed by atoms with van der Waals surface area (Å²) in [6, 6.07) is 22.1. The number of anilines is 1.